The number of anilines is 1. The number of morpholine rings is 1. The van der Waals surface area contributed by atoms with Crippen LogP contribution in [-0.2, 0) is 16.1 Å². The topological polar surface area (TPSA) is 66.5 Å². The van der Waals surface area contributed by atoms with E-state index in [1.165, 1.54) is 12.8 Å². The summed E-state index contributed by atoms with van der Waals surface area (Å²) in [4.78, 5) is 19.0. The Morgan fingerprint density at radius 1 is 1.24 bits per heavy atom. The molecule has 25 heavy (non-hydrogen) atoms. The van der Waals surface area contributed by atoms with Gasteiger partial charge in [0.15, 0.2) is 0 Å². The monoisotopic (exact) mass is 344 g/mol. The lowest BCUT2D eigenvalue weighted by Gasteiger charge is -2.28. The third kappa shape index (κ3) is 4.30. The quantitative estimate of drug-likeness (QED) is 0.846. The fraction of sp³-hybridized carbons (Fsp3) is 0.684. The van der Waals surface area contributed by atoms with Crippen LogP contribution in [0.2, 0.25) is 0 Å². The third-order valence-corrected chi connectivity index (χ3v) is 5.68. The largest absolute Gasteiger partial charge is 0.378 e. The number of hydrogen-bond donors (Lipinski definition) is 2. The predicted octanol–water partition coefficient (Wildman–Crippen LogP) is 1.46. The van der Waals surface area contributed by atoms with Crippen LogP contribution in [0.25, 0.3) is 0 Å². The summed E-state index contributed by atoms with van der Waals surface area (Å²) in [6.07, 6.45) is 7.40. The first kappa shape index (κ1) is 16.8. The number of rotatable bonds is 5. The highest BCUT2D eigenvalue weighted by molar-refractivity contribution is 5.76. The Morgan fingerprint density at radius 2 is 2.00 bits per heavy atom. The normalized spacial score (nSPS) is 28.8. The van der Waals surface area contributed by atoms with E-state index in [1.807, 2.05) is 12.3 Å². The molecule has 4 heterocycles. The summed E-state index contributed by atoms with van der Waals surface area (Å²) in [7, 11) is 0. The molecule has 6 heteroatoms. The van der Waals surface area contributed by atoms with Gasteiger partial charge in [-0.15, -0.1) is 0 Å². The number of ether oxygens (including phenoxy) is 1. The molecule has 1 aromatic rings. The van der Waals surface area contributed by atoms with Crippen molar-refractivity contribution in [3.05, 3.63) is 23.9 Å². The number of carbonyl (C=O) groups is 1. The van der Waals surface area contributed by atoms with E-state index in [9.17, 15) is 4.79 Å². The number of aromatic nitrogens is 1. The minimum Gasteiger partial charge on any atom is -0.378 e. The number of amides is 1. The standard InChI is InChI=1S/C19H28N4O2/c24-19(11-15-9-16-2-3-17(10-15)22-16)21-13-14-1-4-18(20-12-14)23-5-7-25-8-6-23/h1,4,12,15-17,22H,2-3,5-11,13H2,(H,21,24). The Balaban J connectivity index is 1.23. The van der Waals surface area contributed by atoms with Crippen molar-refractivity contribution in [1.82, 2.24) is 15.6 Å². The first-order chi connectivity index (χ1) is 12.3. The maximum absolute atomic E-state index is 12.3. The van der Waals surface area contributed by atoms with E-state index in [-0.39, 0.29) is 5.91 Å². The molecular weight excluding hydrogens is 316 g/mol. The van der Waals surface area contributed by atoms with Crippen molar-refractivity contribution >= 4 is 11.7 Å². The fourth-order valence-corrected chi connectivity index (χ4v) is 4.38. The minimum absolute atomic E-state index is 0.170. The number of nitrogens with one attached hydrogen (secondary N) is 2. The lowest BCUT2D eigenvalue weighted by atomic mass is 9.89. The van der Waals surface area contributed by atoms with Gasteiger partial charge in [0.25, 0.3) is 0 Å². The molecule has 3 saturated heterocycles. The van der Waals surface area contributed by atoms with E-state index in [1.54, 1.807) is 0 Å². The molecule has 0 aromatic carbocycles. The van der Waals surface area contributed by atoms with Crippen LogP contribution in [0.3, 0.4) is 0 Å². The molecule has 3 fully saturated rings. The Bertz CT molecular complexity index is 574. The molecule has 2 bridgehead atoms. The van der Waals surface area contributed by atoms with Gasteiger partial charge in [-0.3, -0.25) is 4.79 Å². The smallest absolute Gasteiger partial charge is 0.220 e. The maximum Gasteiger partial charge on any atom is 0.220 e. The van der Waals surface area contributed by atoms with Crippen molar-refractivity contribution in [2.45, 2.75) is 50.7 Å². The number of carbonyl (C=O) groups excluding carboxylic acids is 1. The van der Waals surface area contributed by atoms with Crippen molar-refractivity contribution in [1.29, 1.82) is 0 Å². The average molecular weight is 344 g/mol. The fourth-order valence-electron chi connectivity index (χ4n) is 4.38. The van der Waals surface area contributed by atoms with Gasteiger partial charge in [-0.2, -0.15) is 0 Å². The van der Waals surface area contributed by atoms with E-state index < -0.39 is 0 Å². The zero-order valence-corrected chi connectivity index (χ0v) is 14.7. The molecule has 6 nitrogen and oxygen atoms in total. The number of hydrogen-bond acceptors (Lipinski definition) is 5. The number of piperidine rings is 1. The molecule has 1 amide bonds. The molecule has 0 radical (unpaired) electrons. The van der Waals surface area contributed by atoms with Crippen LogP contribution in [0, 0.1) is 5.92 Å². The Hall–Kier alpha value is -1.66. The lowest BCUT2D eigenvalue weighted by molar-refractivity contribution is -0.122. The predicted molar refractivity (Wildman–Crippen MR) is 96.4 cm³/mol. The van der Waals surface area contributed by atoms with Gasteiger partial charge >= 0.3 is 0 Å². The van der Waals surface area contributed by atoms with Gasteiger partial charge in [0.2, 0.25) is 5.91 Å². The molecular formula is C19H28N4O2. The minimum atomic E-state index is 0.170. The van der Waals surface area contributed by atoms with Crippen molar-refractivity contribution < 1.29 is 9.53 Å². The van der Waals surface area contributed by atoms with E-state index in [0.717, 1.165) is 50.5 Å². The molecule has 2 unspecified atom stereocenters. The van der Waals surface area contributed by atoms with Crippen molar-refractivity contribution in [2.24, 2.45) is 5.92 Å². The van der Waals surface area contributed by atoms with Crippen LogP contribution in [0.5, 0.6) is 0 Å². The summed E-state index contributed by atoms with van der Waals surface area (Å²) in [5.41, 5.74) is 1.05. The summed E-state index contributed by atoms with van der Waals surface area (Å²) in [6.45, 7) is 3.87. The molecule has 1 aromatic heterocycles. The Kier molecular flexibility index (Phi) is 5.17. The van der Waals surface area contributed by atoms with E-state index >= 15 is 0 Å². The zero-order valence-electron chi connectivity index (χ0n) is 14.7. The van der Waals surface area contributed by atoms with Gasteiger partial charge in [-0.1, -0.05) is 6.07 Å². The molecule has 0 spiro atoms. The van der Waals surface area contributed by atoms with E-state index in [2.05, 4.69) is 26.6 Å². The van der Waals surface area contributed by atoms with Crippen molar-refractivity contribution in [3.63, 3.8) is 0 Å². The summed E-state index contributed by atoms with van der Waals surface area (Å²) < 4.78 is 5.37. The van der Waals surface area contributed by atoms with Gasteiger partial charge < -0.3 is 20.3 Å². The number of nitrogens with zero attached hydrogens (tertiary/aromatic N) is 2. The van der Waals surface area contributed by atoms with Crippen LogP contribution >= 0.6 is 0 Å². The summed E-state index contributed by atoms with van der Waals surface area (Å²) >= 11 is 0. The molecule has 2 N–H and O–H groups in total. The molecule has 2 atom stereocenters. The maximum atomic E-state index is 12.3. The summed E-state index contributed by atoms with van der Waals surface area (Å²) in [5, 5.41) is 6.69. The van der Waals surface area contributed by atoms with Gasteiger partial charge in [0.1, 0.15) is 5.82 Å². The van der Waals surface area contributed by atoms with Crippen LogP contribution < -0.4 is 15.5 Å². The second kappa shape index (κ2) is 7.70. The third-order valence-electron chi connectivity index (χ3n) is 5.68. The van der Waals surface area contributed by atoms with Gasteiger partial charge in [0.05, 0.1) is 13.2 Å². The van der Waals surface area contributed by atoms with Crippen LogP contribution in [-0.4, -0.2) is 49.3 Å². The van der Waals surface area contributed by atoms with Gasteiger partial charge in [-0.05, 0) is 43.2 Å². The van der Waals surface area contributed by atoms with Crippen LogP contribution in [0.15, 0.2) is 18.3 Å². The van der Waals surface area contributed by atoms with Gasteiger partial charge in [-0.25, -0.2) is 4.98 Å². The lowest BCUT2D eigenvalue weighted by Crippen LogP contribution is -2.39. The van der Waals surface area contributed by atoms with Crippen LogP contribution in [0.4, 0.5) is 5.82 Å². The molecule has 3 aliphatic heterocycles. The molecule has 136 valence electrons. The summed E-state index contributed by atoms with van der Waals surface area (Å²) in [6, 6.07) is 5.39. The Labute approximate surface area is 149 Å². The second-order valence-corrected chi connectivity index (χ2v) is 7.58. The zero-order chi connectivity index (χ0) is 17.1. The van der Waals surface area contributed by atoms with Crippen LogP contribution in [0.1, 0.15) is 37.7 Å². The van der Waals surface area contributed by atoms with Gasteiger partial charge in [0, 0.05) is 44.3 Å². The first-order valence-corrected chi connectivity index (χ1v) is 9.56. The number of fused-ring (bicyclic) bond motifs is 2. The first-order valence-electron chi connectivity index (χ1n) is 9.56. The average Bonchev–Trinajstić information content (AvgIpc) is 2.99. The molecule has 3 aliphatic rings. The van der Waals surface area contributed by atoms with Crippen molar-refractivity contribution in [3.8, 4) is 0 Å². The highest BCUT2D eigenvalue weighted by Crippen LogP contribution is 2.32. The second-order valence-electron chi connectivity index (χ2n) is 7.58. The molecule has 0 saturated carbocycles. The SMILES string of the molecule is O=C(CC1CC2CCC(C1)N2)NCc1ccc(N2CCOCC2)nc1. The van der Waals surface area contributed by atoms with Crippen molar-refractivity contribution in [2.75, 3.05) is 31.2 Å². The molecule has 4 rings (SSSR count). The highest BCUT2D eigenvalue weighted by atomic mass is 16.5. The molecule has 0 aliphatic carbocycles. The Morgan fingerprint density at radius 3 is 2.68 bits per heavy atom. The highest BCUT2D eigenvalue weighted by Gasteiger charge is 2.34. The van der Waals surface area contributed by atoms with E-state index in [0.29, 0.717) is 31.0 Å². The van der Waals surface area contributed by atoms with E-state index in [4.69, 9.17) is 4.74 Å². The number of pyridine rings is 1. The summed E-state index contributed by atoms with van der Waals surface area (Å²) in [5.74, 6) is 1.70.